The minimum Gasteiger partial charge on any atom is -0.144 e. The molecule has 0 heterocycles. The van der Waals surface area contributed by atoms with E-state index in [1.54, 1.807) is 0 Å². The molecule has 0 aliphatic heterocycles. The summed E-state index contributed by atoms with van der Waals surface area (Å²) in [6, 6.07) is 27.7. The first-order valence-corrected chi connectivity index (χ1v) is 15.8. The molecular formula is C19H18Cl4Si2. The van der Waals surface area contributed by atoms with Gasteiger partial charge in [0.05, 0.1) is 0 Å². The summed E-state index contributed by atoms with van der Waals surface area (Å²) in [5, 5.41) is 3.19. The molecule has 25 heavy (non-hydrogen) atoms. The summed E-state index contributed by atoms with van der Waals surface area (Å²) in [6.45, 7) is -0.483. The Balaban J connectivity index is 0.000000196. The van der Waals surface area contributed by atoms with Gasteiger partial charge in [-0.2, -0.15) is 0 Å². The van der Waals surface area contributed by atoms with Gasteiger partial charge in [-0.1, -0.05) is 84.9 Å². The van der Waals surface area contributed by atoms with Gasteiger partial charge in [0.15, 0.2) is 0 Å². The van der Waals surface area contributed by atoms with E-state index in [-0.39, 0.29) is 0 Å². The summed E-state index contributed by atoms with van der Waals surface area (Å²) in [7, 11) is -1.62. The van der Waals surface area contributed by atoms with Crippen molar-refractivity contribution < 1.29 is 0 Å². The first-order chi connectivity index (χ1) is 11.9. The summed E-state index contributed by atoms with van der Waals surface area (Å²) in [5.74, 6) is 0. The molecule has 3 aromatic carbocycles. The van der Waals surface area contributed by atoms with Crippen molar-refractivity contribution in [3.8, 4) is 0 Å². The van der Waals surface area contributed by atoms with Crippen LogP contribution < -0.4 is 15.6 Å². The number of benzene rings is 3. The van der Waals surface area contributed by atoms with E-state index in [0.717, 1.165) is 15.6 Å². The maximum absolute atomic E-state index is 6.49. The minimum atomic E-state index is -2.51. The maximum atomic E-state index is 6.49. The van der Waals surface area contributed by atoms with E-state index < -0.39 is 14.1 Å². The fraction of sp³-hybridized carbons (Fsp3) is 0.0526. The van der Waals surface area contributed by atoms with Crippen LogP contribution in [0.1, 0.15) is 5.56 Å². The topological polar surface area (TPSA) is 0 Å². The normalized spacial score (nSPS) is 11.0. The van der Waals surface area contributed by atoms with Crippen LogP contribution in [-0.2, 0) is 0 Å². The van der Waals surface area contributed by atoms with Crippen LogP contribution in [0.25, 0.3) is 0 Å². The Kier molecular flexibility index (Phi) is 8.07. The molecule has 0 nitrogen and oxygen atoms in total. The standard InChI is InChI=1S/C12H10Cl2Si.C7H8Cl2Si/c13-15(14,11-7-3-1-4-8-11)12-9-5-2-6-10-12;1-6-4-2-3-5-7(6)10(8)9/h1-10H;2-5,10H,1H3. The largest absolute Gasteiger partial charge is 0.310 e. The molecule has 0 radical (unpaired) electrons. The third-order valence-electron chi connectivity index (χ3n) is 3.70. The van der Waals surface area contributed by atoms with Gasteiger partial charge >= 0.3 is 6.69 Å². The Morgan fingerprint density at radius 3 is 1.40 bits per heavy atom. The van der Waals surface area contributed by atoms with Crippen LogP contribution in [0.2, 0.25) is 0 Å². The average Bonchev–Trinajstić information content (AvgIpc) is 2.64. The second-order valence-corrected chi connectivity index (χ2v) is 16.3. The third-order valence-corrected chi connectivity index (χ3v) is 11.0. The highest BCUT2D eigenvalue weighted by molar-refractivity contribution is 7.56. The van der Waals surface area contributed by atoms with E-state index in [4.69, 9.17) is 44.3 Å². The summed E-state index contributed by atoms with van der Waals surface area (Å²) in [4.78, 5) is 0. The second kappa shape index (κ2) is 9.81. The van der Waals surface area contributed by atoms with Crippen molar-refractivity contribution in [2.75, 3.05) is 0 Å². The van der Waals surface area contributed by atoms with Gasteiger partial charge in [0.1, 0.15) is 0 Å². The highest BCUT2D eigenvalue weighted by Crippen LogP contribution is 2.14. The number of hydrogen-bond acceptors (Lipinski definition) is 0. The molecule has 3 rings (SSSR count). The van der Waals surface area contributed by atoms with Crippen LogP contribution in [0.3, 0.4) is 0 Å². The van der Waals surface area contributed by atoms with Crippen LogP contribution in [-0.4, -0.2) is 14.1 Å². The van der Waals surface area contributed by atoms with Gasteiger partial charge in [0.25, 0.3) is 7.42 Å². The van der Waals surface area contributed by atoms with Crippen LogP contribution in [0.5, 0.6) is 0 Å². The molecule has 130 valence electrons. The molecule has 0 spiro atoms. The molecule has 0 bridgehead atoms. The zero-order valence-corrected chi connectivity index (χ0v) is 18.9. The number of halogens is 4. The fourth-order valence-electron chi connectivity index (χ4n) is 2.29. The van der Waals surface area contributed by atoms with Crippen molar-refractivity contribution in [2.24, 2.45) is 0 Å². The molecule has 0 amide bonds. The molecule has 0 aliphatic carbocycles. The van der Waals surface area contributed by atoms with Crippen molar-refractivity contribution in [3.63, 3.8) is 0 Å². The number of aryl methyl sites for hydroxylation is 1. The molecule has 0 saturated heterocycles. The number of rotatable bonds is 3. The zero-order valence-electron chi connectivity index (χ0n) is 13.7. The van der Waals surface area contributed by atoms with E-state index in [0.29, 0.717) is 0 Å². The molecular weight excluding hydrogens is 426 g/mol. The van der Waals surface area contributed by atoms with Crippen molar-refractivity contribution in [1.82, 2.24) is 0 Å². The summed E-state index contributed by atoms with van der Waals surface area (Å²) >= 11 is 24.6. The lowest BCUT2D eigenvalue weighted by atomic mass is 10.2. The molecule has 0 saturated carbocycles. The van der Waals surface area contributed by atoms with Crippen molar-refractivity contribution in [3.05, 3.63) is 90.5 Å². The first-order valence-electron chi connectivity index (χ1n) is 7.75. The third kappa shape index (κ3) is 5.88. The Hall–Kier alpha value is -0.746. The van der Waals surface area contributed by atoms with Crippen LogP contribution in [0.4, 0.5) is 0 Å². The van der Waals surface area contributed by atoms with Gasteiger partial charge in [-0.05, 0) is 28.0 Å². The predicted molar refractivity (Wildman–Crippen MR) is 119 cm³/mol. The Labute approximate surface area is 170 Å². The van der Waals surface area contributed by atoms with Crippen LogP contribution in [0, 0.1) is 6.92 Å². The predicted octanol–water partition coefficient (Wildman–Crippen LogP) is 4.62. The maximum Gasteiger partial charge on any atom is 0.310 e. The summed E-state index contributed by atoms with van der Waals surface area (Å²) in [5.41, 5.74) is 1.20. The second-order valence-electron chi connectivity index (χ2n) is 5.46. The molecule has 0 aromatic heterocycles. The molecule has 0 unspecified atom stereocenters. The van der Waals surface area contributed by atoms with Crippen molar-refractivity contribution in [1.29, 1.82) is 0 Å². The molecule has 0 aliphatic rings. The average molecular weight is 444 g/mol. The van der Waals surface area contributed by atoms with Crippen LogP contribution in [0.15, 0.2) is 84.9 Å². The van der Waals surface area contributed by atoms with E-state index in [2.05, 4.69) is 0 Å². The Morgan fingerprint density at radius 2 is 1.04 bits per heavy atom. The lowest BCUT2D eigenvalue weighted by Gasteiger charge is -2.17. The van der Waals surface area contributed by atoms with Crippen LogP contribution >= 0.6 is 44.3 Å². The molecule has 3 aromatic rings. The molecule has 0 N–H and O–H groups in total. The summed E-state index contributed by atoms with van der Waals surface area (Å²) in [6.07, 6.45) is 0. The van der Waals surface area contributed by atoms with Gasteiger partial charge < -0.3 is 0 Å². The van der Waals surface area contributed by atoms with E-state index >= 15 is 0 Å². The van der Waals surface area contributed by atoms with E-state index in [1.165, 1.54) is 5.56 Å². The van der Waals surface area contributed by atoms with Gasteiger partial charge in [0, 0.05) is 0 Å². The van der Waals surface area contributed by atoms with Gasteiger partial charge in [-0.3, -0.25) is 0 Å². The van der Waals surface area contributed by atoms with Gasteiger partial charge in [-0.25, -0.2) is 0 Å². The molecule has 0 fully saturated rings. The Morgan fingerprint density at radius 1 is 0.640 bits per heavy atom. The molecule has 6 heteroatoms. The smallest absolute Gasteiger partial charge is 0.144 e. The number of hydrogen-bond donors (Lipinski definition) is 0. The van der Waals surface area contributed by atoms with Crippen molar-refractivity contribution >= 4 is 74.0 Å². The van der Waals surface area contributed by atoms with E-state index in [9.17, 15) is 0 Å². The van der Waals surface area contributed by atoms with Crippen molar-refractivity contribution in [2.45, 2.75) is 6.92 Å². The SMILES string of the molecule is Cc1ccccc1[SiH](Cl)Cl.Cl[Si](Cl)(c1ccccc1)c1ccccc1. The van der Waals surface area contributed by atoms with Gasteiger partial charge in [0.2, 0.25) is 0 Å². The first kappa shape index (κ1) is 20.6. The lowest BCUT2D eigenvalue weighted by molar-refractivity contribution is 1.52. The lowest BCUT2D eigenvalue weighted by Crippen LogP contribution is -2.48. The summed E-state index contributed by atoms with van der Waals surface area (Å²) < 4.78 is 0. The minimum absolute atomic E-state index is 1.03. The monoisotopic (exact) mass is 442 g/mol. The highest BCUT2D eigenvalue weighted by Gasteiger charge is 2.32. The van der Waals surface area contributed by atoms with E-state index in [1.807, 2.05) is 91.9 Å². The molecule has 0 atom stereocenters. The zero-order chi connectivity index (χ0) is 18.3. The van der Waals surface area contributed by atoms with Gasteiger partial charge in [-0.15, -0.1) is 44.3 Å². The Bertz CT molecular complexity index is 736. The fourth-order valence-corrected chi connectivity index (χ4v) is 7.53. The highest BCUT2D eigenvalue weighted by atomic mass is 35.7. The quantitative estimate of drug-likeness (QED) is 0.409.